The maximum absolute atomic E-state index is 15.2. The number of carbonyl (C=O) groups is 4. The second-order valence-corrected chi connectivity index (χ2v) is 14.8. The van der Waals surface area contributed by atoms with Crippen LogP contribution in [0.25, 0.3) is 6.08 Å². The van der Waals surface area contributed by atoms with E-state index in [1.54, 1.807) is 26.8 Å². The van der Waals surface area contributed by atoms with Gasteiger partial charge in [-0.2, -0.15) is 0 Å². The van der Waals surface area contributed by atoms with E-state index in [1.165, 1.54) is 38.5 Å². The summed E-state index contributed by atoms with van der Waals surface area (Å²) in [6, 6.07) is 2.77. The number of allylic oxidation sites excluding steroid dienone is 3. The number of aromatic hydroxyl groups is 1. The van der Waals surface area contributed by atoms with E-state index in [0.717, 1.165) is 4.90 Å². The Balaban J connectivity index is 1.57. The number of anilines is 1. The van der Waals surface area contributed by atoms with E-state index < -0.39 is 104 Å². The molecule has 2 aromatic rings. The van der Waals surface area contributed by atoms with Gasteiger partial charge in [0.1, 0.15) is 5.69 Å². The average Bonchev–Trinajstić information content (AvgIpc) is 3.41. The first kappa shape index (κ1) is 35.6. The van der Waals surface area contributed by atoms with Gasteiger partial charge in [-0.05, 0) is 57.2 Å². The van der Waals surface area contributed by atoms with Crippen molar-refractivity contribution in [2.75, 3.05) is 19.1 Å². The third-order valence-electron chi connectivity index (χ3n) is 9.93. The van der Waals surface area contributed by atoms with Gasteiger partial charge in [-0.3, -0.25) is 24.1 Å². The Kier molecular flexibility index (Phi) is 8.34. The number of imide groups is 2. The summed E-state index contributed by atoms with van der Waals surface area (Å²) in [7, 11) is 2.56. The number of ether oxygens (including phenoxy) is 2. The van der Waals surface area contributed by atoms with E-state index in [1.807, 2.05) is 0 Å². The van der Waals surface area contributed by atoms with E-state index in [4.69, 9.17) is 32.7 Å². The first-order chi connectivity index (χ1) is 23.3. The van der Waals surface area contributed by atoms with Crippen molar-refractivity contribution in [3.8, 4) is 17.2 Å². The summed E-state index contributed by atoms with van der Waals surface area (Å²) in [5.74, 6) is -21.3. The van der Waals surface area contributed by atoms with Gasteiger partial charge in [-0.1, -0.05) is 23.8 Å². The summed E-state index contributed by atoms with van der Waals surface area (Å²) in [6.07, 6.45) is 3.74. The minimum absolute atomic E-state index is 0.0144. The predicted molar refractivity (Wildman–Crippen MR) is 169 cm³/mol. The number of hydrogen-bond donors (Lipinski definition) is 1. The summed E-state index contributed by atoms with van der Waals surface area (Å²) in [6.45, 7) is 4.99. The molecular weight excluding hydrogens is 714 g/mol. The van der Waals surface area contributed by atoms with E-state index >= 15 is 8.78 Å². The van der Waals surface area contributed by atoms with Gasteiger partial charge in [0.15, 0.2) is 44.5 Å². The average molecular weight is 744 g/mol. The zero-order valence-corrected chi connectivity index (χ0v) is 28.6. The molecule has 4 amide bonds. The molecule has 1 N–H and O–H groups in total. The Hall–Kier alpha value is -4.17. The van der Waals surface area contributed by atoms with Crippen molar-refractivity contribution in [1.82, 2.24) is 4.90 Å². The summed E-state index contributed by atoms with van der Waals surface area (Å²) in [4.78, 5) is 51.6. The van der Waals surface area contributed by atoms with Crippen molar-refractivity contribution in [3.05, 3.63) is 64.5 Å². The molecule has 1 saturated carbocycles. The molecule has 6 atom stereocenters. The SMILES string of the molecule is COc1cc(C=CC2C3=CCC4C(=O)N(C(C)(C)C)C(=O)C4C3CC3(Cl)C(=O)N(c4c(F)c(F)c(F)c(F)c4F)C(=O)C23Cl)cc(OC)c1O. The molecule has 2 aliphatic carbocycles. The fourth-order valence-electron chi connectivity index (χ4n) is 7.69. The molecule has 6 rings (SSSR count). The molecule has 2 heterocycles. The maximum Gasteiger partial charge on any atom is 0.258 e. The van der Waals surface area contributed by atoms with Crippen LogP contribution in [-0.4, -0.2) is 63.1 Å². The molecular formula is C34H29Cl2F5N2O7. The lowest BCUT2D eigenvalue weighted by Crippen LogP contribution is -2.60. The van der Waals surface area contributed by atoms with Crippen LogP contribution in [0, 0.1) is 52.8 Å². The fourth-order valence-corrected chi connectivity index (χ4v) is 8.58. The number of nitrogens with zero attached hydrogens (tertiary/aromatic N) is 2. The minimum atomic E-state index is -2.65. The highest BCUT2D eigenvalue weighted by atomic mass is 35.5. The van der Waals surface area contributed by atoms with E-state index in [2.05, 4.69) is 0 Å². The fraction of sp³-hybridized carbons (Fsp3) is 0.412. The Morgan fingerprint density at radius 3 is 1.92 bits per heavy atom. The number of fused-ring (bicyclic) bond motifs is 4. The molecule has 6 unspecified atom stereocenters. The Morgan fingerprint density at radius 2 is 1.40 bits per heavy atom. The summed E-state index contributed by atoms with van der Waals surface area (Å²) >= 11 is 14.2. The normalized spacial score (nSPS) is 29.4. The lowest BCUT2D eigenvalue weighted by atomic mass is 9.57. The van der Waals surface area contributed by atoms with Crippen LogP contribution < -0.4 is 14.4 Å². The molecule has 0 bridgehead atoms. The smallest absolute Gasteiger partial charge is 0.258 e. The van der Waals surface area contributed by atoms with Crippen molar-refractivity contribution in [1.29, 1.82) is 0 Å². The lowest BCUT2D eigenvalue weighted by molar-refractivity contribution is -0.145. The molecule has 0 radical (unpaired) electrons. The van der Waals surface area contributed by atoms with Crippen LogP contribution in [0.4, 0.5) is 27.6 Å². The van der Waals surface area contributed by atoms with Crippen LogP contribution in [0.1, 0.15) is 39.2 Å². The second kappa shape index (κ2) is 11.7. The number of rotatable bonds is 5. The van der Waals surface area contributed by atoms with Crippen molar-refractivity contribution in [2.45, 2.75) is 48.9 Å². The first-order valence-electron chi connectivity index (χ1n) is 15.3. The maximum atomic E-state index is 15.2. The number of methoxy groups -OCH3 is 2. The quantitative estimate of drug-likeness (QED) is 0.0997. The van der Waals surface area contributed by atoms with E-state index in [0.29, 0.717) is 11.1 Å². The Labute approximate surface area is 292 Å². The highest BCUT2D eigenvalue weighted by Gasteiger charge is 2.76. The van der Waals surface area contributed by atoms with Crippen LogP contribution in [-0.2, 0) is 19.2 Å². The van der Waals surface area contributed by atoms with Crippen LogP contribution in [0.5, 0.6) is 17.2 Å². The zero-order valence-electron chi connectivity index (χ0n) is 27.0. The molecule has 4 aliphatic rings. The third kappa shape index (κ3) is 4.63. The van der Waals surface area contributed by atoms with Crippen LogP contribution in [0.2, 0.25) is 0 Å². The van der Waals surface area contributed by atoms with Gasteiger partial charge in [-0.15, -0.1) is 23.2 Å². The highest BCUT2D eigenvalue weighted by molar-refractivity contribution is 6.58. The van der Waals surface area contributed by atoms with Crippen molar-refractivity contribution < 1.29 is 55.7 Å². The predicted octanol–water partition coefficient (Wildman–Crippen LogP) is 6.01. The monoisotopic (exact) mass is 742 g/mol. The molecule has 3 fully saturated rings. The van der Waals surface area contributed by atoms with Crippen LogP contribution in [0.3, 0.4) is 0 Å². The molecule has 2 aromatic carbocycles. The van der Waals surface area contributed by atoms with Crippen molar-refractivity contribution in [3.63, 3.8) is 0 Å². The molecule has 2 saturated heterocycles. The molecule has 50 heavy (non-hydrogen) atoms. The molecule has 0 aromatic heterocycles. The number of halogens is 7. The Bertz CT molecular complexity index is 1910. The summed E-state index contributed by atoms with van der Waals surface area (Å²) < 4.78 is 83.6. The van der Waals surface area contributed by atoms with E-state index in [9.17, 15) is 37.5 Å². The number of hydrogen-bond acceptors (Lipinski definition) is 7. The van der Waals surface area contributed by atoms with Crippen LogP contribution in [0.15, 0.2) is 29.9 Å². The largest absolute Gasteiger partial charge is 0.502 e. The second-order valence-electron chi connectivity index (χ2n) is 13.6. The van der Waals surface area contributed by atoms with Gasteiger partial charge in [0.25, 0.3) is 11.8 Å². The van der Waals surface area contributed by atoms with Crippen molar-refractivity contribution >= 4 is 58.6 Å². The number of phenolic OH excluding ortho intramolecular Hbond substituents is 1. The summed E-state index contributed by atoms with van der Waals surface area (Å²) in [5, 5.41) is 10.4. The number of phenols is 1. The topological polar surface area (TPSA) is 113 Å². The Morgan fingerprint density at radius 1 is 0.860 bits per heavy atom. The number of amides is 4. The lowest BCUT2D eigenvalue weighted by Gasteiger charge is -2.49. The van der Waals surface area contributed by atoms with Gasteiger partial charge in [0.05, 0.1) is 26.1 Å². The number of benzene rings is 2. The molecule has 266 valence electrons. The summed E-state index contributed by atoms with van der Waals surface area (Å²) in [5.41, 5.74) is -2.20. The van der Waals surface area contributed by atoms with Gasteiger partial charge < -0.3 is 14.6 Å². The van der Waals surface area contributed by atoms with Gasteiger partial charge in [-0.25, -0.2) is 26.9 Å². The van der Waals surface area contributed by atoms with Crippen LogP contribution >= 0.6 is 23.2 Å². The highest BCUT2D eigenvalue weighted by Crippen LogP contribution is 2.64. The number of alkyl halides is 2. The van der Waals surface area contributed by atoms with Crippen molar-refractivity contribution in [2.24, 2.45) is 23.7 Å². The molecule has 9 nitrogen and oxygen atoms in total. The number of carbonyl (C=O) groups excluding carboxylic acids is 4. The minimum Gasteiger partial charge on any atom is -0.502 e. The first-order valence-corrected chi connectivity index (χ1v) is 16.0. The third-order valence-corrected chi connectivity index (χ3v) is 11.4. The molecule has 2 aliphatic heterocycles. The van der Waals surface area contributed by atoms with Gasteiger partial charge in [0.2, 0.25) is 23.4 Å². The van der Waals surface area contributed by atoms with E-state index in [-0.39, 0.29) is 28.6 Å². The standard InChI is InChI=1S/C34H29Cl2F5N2O7/c1-32(2,3)43-28(45)15-8-7-14-16(20(15)29(43)46)12-33(35)30(47)42(26-24(40)22(38)21(37)23(39)25(26)41)31(48)34(33,36)17(14)9-6-13-10-18(49-4)27(44)19(11-13)50-5/h6-7,9-11,15-17,20,44H,8,12H2,1-5H3. The molecule has 16 heteroatoms. The molecule has 0 spiro atoms. The number of likely N-dealkylation sites (tertiary alicyclic amines) is 1. The zero-order chi connectivity index (χ0) is 37.0. The van der Waals surface area contributed by atoms with Gasteiger partial charge >= 0.3 is 0 Å². The van der Waals surface area contributed by atoms with Gasteiger partial charge in [0, 0.05) is 11.5 Å².